The van der Waals surface area contributed by atoms with Crippen molar-refractivity contribution in [1.82, 2.24) is 9.88 Å². The van der Waals surface area contributed by atoms with Crippen LogP contribution in [-0.2, 0) is 4.74 Å². The highest BCUT2D eigenvalue weighted by Crippen LogP contribution is 2.21. The molecule has 116 valence electrons. The molecule has 1 aromatic heterocycles. The minimum absolute atomic E-state index is 0.359. The van der Waals surface area contributed by atoms with Crippen LogP contribution in [0.1, 0.15) is 19.8 Å². The van der Waals surface area contributed by atoms with Gasteiger partial charge < -0.3 is 9.64 Å². The summed E-state index contributed by atoms with van der Waals surface area (Å²) in [5, 5.41) is 0. The van der Waals surface area contributed by atoms with Gasteiger partial charge in [-0.2, -0.15) is 4.39 Å². The van der Waals surface area contributed by atoms with E-state index in [-0.39, 0.29) is 0 Å². The molecule has 3 heterocycles. The molecule has 3 rings (SSSR count). The molecule has 1 aromatic rings. The summed E-state index contributed by atoms with van der Waals surface area (Å²) in [6.45, 7) is 8.07. The Morgan fingerprint density at radius 1 is 1.38 bits per heavy atom. The van der Waals surface area contributed by atoms with Crippen LogP contribution in [0.15, 0.2) is 18.2 Å². The Kier molecular flexibility index (Phi) is 4.70. The van der Waals surface area contributed by atoms with Crippen LogP contribution in [0.3, 0.4) is 0 Å². The maximum Gasteiger partial charge on any atom is 0.214 e. The van der Waals surface area contributed by atoms with Crippen LogP contribution in [0.4, 0.5) is 10.2 Å². The molecule has 0 amide bonds. The van der Waals surface area contributed by atoms with E-state index in [9.17, 15) is 4.39 Å². The van der Waals surface area contributed by atoms with Gasteiger partial charge in [0, 0.05) is 38.8 Å². The lowest BCUT2D eigenvalue weighted by molar-refractivity contribution is 0.0358. The van der Waals surface area contributed by atoms with Gasteiger partial charge in [-0.05, 0) is 37.8 Å². The number of pyridine rings is 1. The number of nitrogens with zero attached hydrogens (tertiary/aromatic N) is 3. The Morgan fingerprint density at radius 3 is 3.00 bits per heavy atom. The molecular formula is C16H24FN3O. The summed E-state index contributed by atoms with van der Waals surface area (Å²) in [4.78, 5) is 8.73. The van der Waals surface area contributed by atoms with Crippen LogP contribution in [-0.4, -0.2) is 55.3 Å². The molecule has 2 unspecified atom stereocenters. The third-order valence-corrected chi connectivity index (χ3v) is 4.48. The molecule has 2 aliphatic heterocycles. The van der Waals surface area contributed by atoms with Gasteiger partial charge >= 0.3 is 0 Å². The van der Waals surface area contributed by atoms with Crippen molar-refractivity contribution in [1.29, 1.82) is 0 Å². The van der Waals surface area contributed by atoms with Crippen molar-refractivity contribution in [3.8, 4) is 0 Å². The Balaban J connectivity index is 1.56. The first-order chi connectivity index (χ1) is 10.2. The highest BCUT2D eigenvalue weighted by Gasteiger charge is 2.27. The monoisotopic (exact) mass is 293 g/mol. The Bertz CT molecular complexity index is 465. The van der Waals surface area contributed by atoms with Gasteiger partial charge in [-0.3, -0.25) is 4.90 Å². The van der Waals surface area contributed by atoms with Crippen LogP contribution in [0.5, 0.6) is 0 Å². The van der Waals surface area contributed by atoms with Crippen molar-refractivity contribution in [2.24, 2.45) is 5.92 Å². The summed E-state index contributed by atoms with van der Waals surface area (Å²) in [6, 6.07) is 5.38. The van der Waals surface area contributed by atoms with Gasteiger partial charge in [0.2, 0.25) is 5.95 Å². The zero-order valence-electron chi connectivity index (χ0n) is 12.7. The number of ether oxygens (including phenoxy) is 1. The summed E-state index contributed by atoms with van der Waals surface area (Å²) in [6.07, 6.45) is 2.47. The lowest BCUT2D eigenvalue weighted by Gasteiger charge is -2.42. The maximum absolute atomic E-state index is 13.3. The summed E-state index contributed by atoms with van der Waals surface area (Å²) in [7, 11) is 0. The number of hydrogen-bond donors (Lipinski definition) is 0. The first-order valence-electron chi connectivity index (χ1n) is 7.91. The van der Waals surface area contributed by atoms with Gasteiger partial charge in [-0.15, -0.1) is 0 Å². The van der Waals surface area contributed by atoms with E-state index in [1.54, 1.807) is 6.07 Å². The van der Waals surface area contributed by atoms with E-state index in [0.29, 0.717) is 12.0 Å². The molecule has 0 aromatic carbocycles. The molecule has 2 aliphatic rings. The molecule has 0 aliphatic carbocycles. The van der Waals surface area contributed by atoms with E-state index in [1.807, 2.05) is 6.07 Å². The van der Waals surface area contributed by atoms with Gasteiger partial charge in [0.1, 0.15) is 5.82 Å². The molecule has 21 heavy (non-hydrogen) atoms. The lowest BCUT2D eigenvalue weighted by atomic mass is 10.0. The summed E-state index contributed by atoms with van der Waals surface area (Å²) < 4.78 is 18.8. The fourth-order valence-electron chi connectivity index (χ4n) is 3.41. The number of halogens is 1. The van der Waals surface area contributed by atoms with Crippen molar-refractivity contribution in [3.63, 3.8) is 0 Å². The second-order valence-corrected chi connectivity index (χ2v) is 6.20. The average molecular weight is 293 g/mol. The Hall–Kier alpha value is -1.20. The zero-order valence-corrected chi connectivity index (χ0v) is 12.7. The largest absolute Gasteiger partial charge is 0.381 e. The first kappa shape index (κ1) is 14.7. The topological polar surface area (TPSA) is 28.6 Å². The zero-order chi connectivity index (χ0) is 14.7. The quantitative estimate of drug-likeness (QED) is 0.799. The maximum atomic E-state index is 13.3. The number of anilines is 1. The fraction of sp³-hybridized carbons (Fsp3) is 0.688. The normalized spacial score (nSPS) is 27.8. The lowest BCUT2D eigenvalue weighted by Crippen LogP contribution is -2.53. The molecular weight excluding hydrogens is 269 g/mol. The van der Waals surface area contributed by atoms with Crippen LogP contribution in [0.25, 0.3) is 0 Å². The molecule has 2 saturated heterocycles. The Morgan fingerprint density at radius 2 is 2.29 bits per heavy atom. The molecule has 2 atom stereocenters. The van der Waals surface area contributed by atoms with E-state index < -0.39 is 5.95 Å². The molecule has 2 fully saturated rings. The van der Waals surface area contributed by atoms with Gasteiger partial charge in [-0.1, -0.05) is 6.07 Å². The van der Waals surface area contributed by atoms with Crippen LogP contribution in [0.2, 0.25) is 0 Å². The average Bonchev–Trinajstić information content (AvgIpc) is 2.48. The number of rotatable bonds is 3. The second kappa shape index (κ2) is 6.71. The molecule has 0 N–H and O–H groups in total. The van der Waals surface area contributed by atoms with Gasteiger partial charge in [0.05, 0.1) is 6.61 Å². The van der Waals surface area contributed by atoms with Gasteiger partial charge in [0.25, 0.3) is 0 Å². The highest BCUT2D eigenvalue weighted by atomic mass is 19.1. The molecule has 0 spiro atoms. The third-order valence-electron chi connectivity index (χ3n) is 4.48. The molecule has 0 bridgehead atoms. The van der Waals surface area contributed by atoms with E-state index in [1.165, 1.54) is 18.9 Å². The highest BCUT2D eigenvalue weighted by molar-refractivity contribution is 5.40. The summed E-state index contributed by atoms with van der Waals surface area (Å²) in [5.74, 6) is 1.02. The molecule has 5 heteroatoms. The van der Waals surface area contributed by atoms with Crippen molar-refractivity contribution >= 4 is 5.82 Å². The number of piperazine rings is 1. The van der Waals surface area contributed by atoms with Crippen LogP contribution >= 0.6 is 0 Å². The van der Waals surface area contributed by atoms with E-state index in [0.717, 1.165) is 45.2 Å². The van der Waals surface area contributed by atoms with Crippen LogP contribution in [0, 0.1) is 11.9 Å². The second-order valence-electron chi connectivity index (χ2n) is 6.20. The number of hydrogen-bond acceptors (Lipinski definition) is 4. The Labute approximate surface area is 125 Å². The van der Waals surface area contributed by atoms with E-state index in [4.69, 9.17) is 4.74 Å². The van der Waals surface area contributed by atoms with Gasteiger partial charge in [-0.25, -0.2) is 4.98 Å². The predicted octanol–water partition coefficient (Wildman–Crippen LogP) is 2.16. The van der Waals surface area contributed by atoms with Crippen molar-refractivity contribution < 1.29 is 9.13 Å². The smallest absolute Gasteiger partial charge is 0.214 e. The van der Waals surface area contributed by atoms with Crippen molar-refractivity contribution in [2.45, 2.75) is 25.8 Å². The fourth-order valence-corrected chi connectivity index (χ4v) is 3.41. The van der Waals surface area contributed by atoms with Crippen LogP contribution < -0.4 is 4.90 Å². The third kappa shape index (κ3) is 3.71. The number of aromatic nitrogens is 1. The molecule has 0 radical (unpaired) electrons. The first-order valence-corrected chi connectivity index (χ1v) is 7.91. The van der Waals surface area contributed by atoms with Gasteiger partial charge in [0.15, 0.2) is 0 Å². The van der Waals surface area contributed by atoms with Crippen molar-refractivity contribution in [2.75, 3.05) is 44.3 Å². The standard InChI is InChI=1S/C16H24FN3O/c1-13-10-19(11-14-4-3-9-21-12-14)7-8-20(13)16-6-2-5-15(17)18-16/h2,5-6,13-14H,3-4,7-12H2,1H3. The molecule has 0 saturated carbocycles. The van der Waals surface area contributed by atoms with E-state index in [2.05, 4.69) is 21.7 Å². The minimum Gasteiger partial charge on any atom is -0.381 e. The summed E-state index contributed by atoms with van der Waals surface area (Å²) in [5.41, 5.74) is 0. The molecule has 4 nitrogen and oxygen atoms in total. The summed E-state index contributed by atoms with van der Waals surface area (Å²) >= 11 is 0. The predicted molar refractivity (Wildman–Crippen MR) is 81.0 cm³/mol. The van der Waals surface area contributed by atoms with E-state index >= 15 is 0 Å². The SMILES string of the molecule is CC1CN(CC2CCCOC2)CCN1c1cccc(F)n1. The minimum atomic E-state index is -0.401. The van der Waals surface area contributed by atoms with Crippen molar-refractivity contribution in [3.05, 3.63) is 24.1 Å².